The summed E-state index contributed by atoms with van der Waals surface area (Å²) in [5.41, 5.74) is 2.28. The Morgan fingerprint density at radius 3 is 2.67 bits per heavy atom. The van der Waals surface area contributed by atoms with Crippen LogP contribution in [0.3, 0.4) is 0 Å². The lowest BCUT2D eigenvalue weighted by atomic mass is 9.87. The van der Waals surface area contributed by atoms with Gasteiger partial charge in [-0.15, -0.1) is 5.10 Å². The van der Waals surface area contributed by atoms with Gasteiger partial charge in [-0.25, -0.2) is 0 Å². The lowest BCUT2D eigenvalue weighted by Crippen LogP contribution is -2.45. The topological polar surface area (TPSA) is 91.9 Å². The molecular formula is C17H23N5O2. The lowest BCUT2D eigenvalue weighted by molar-refractivity contribution is -0.128. The highest BCUT2D eigenvalue weighted by Gasteiger charge is 2.23. The van der Waals surface area contributed by atoms with Crippen molar-refractivity contribution < 1.29 is 9.53 Å². The summed E-state index contributed by atoms with van der Waals surface area (Å²) in [7, 11) is 0. The van der Waals surface area contributed by atoms with Crippen molar-refractivity contribution in [3.63, 3.8) is 0 Å². The van der Waals surface area contributed by atoms with Crippen LogP contribution in [0.25, 0.3) is 11.4 Å². The molecule has 0 radical (unpaired) electrons. The molecule has 1 saturated heterocycles. The van der Waals surface area contributed by atoms with Crippen LogP contribution in [0.5, 0.6) is 0 Å². The largest absolute Gasteiger partial charge is 0.366 e. The molecule has 1 aliphatic rings. The highest BCUT2D eigenvalue weighted by molar-refractivity contribution is 5.93. The molecule has 0 bridgehead atoms. The Balaban J connectivity index is 1.67. The number of nitrogens with one attached hydrogen (secondary N) is 3. The summed E-state index contributed by atoms with van der Waals surface area (Å²) in [6, 6.07) is 8.16. The summed E-state index contributed by atoms with van der Waals surface area (Å²) in [6.07, 6.45) is -0.508. The highest BCUT2D eigenvalue weighted by atomic mass is 16.5. The van der Waals surface area contributed by atoms with Crippen LogP contribution in [0.15, 0.2) is 24.3 Å². The number of hydrogen-bond acceptors (Lipinski definition) is 5. The van der Waals surface area contributed by atoms with Crippen LogP contribution >= 0.6 is 0 Å². The maximum absolute atomic E-state index is 12.1. The third-order valence-corrected chi connectivity index (χ3v) is 3.96. The number of H-pyrrole nitrogens is 1. The maximum atomic E-state index is 12.1. The molecule has 0 spiro atoms. The van der Waals surface area contributed by atoms with E-state index < -0.39 is 6.10 Å². The molecule has 2 aromatic rings. The molecule has 0 aliphatic carbocycles. The molecule has 3 rings (SSSR count). The van der Waals surface area contributed by atoms with Gasteiger partial charge in [0.2, 0.25) is 5.95 Å². The Morgan fingerprint density at radius 2 is 2.04 bits per heavy atom. The number of rotatable bonds is 3. The molecule has 24 heavy (non-hydrogen) atoms. The molecule has 1 atom stereocenters. The number of aromatic nitrogens is 3. The van der Waals surface area contributed by atoms with Gasteiger partial charge < -0.3 is 10.1 Å². The van der Waals surface area contributed by atoms with Crippen molar-refractivity contribution in [3.8, 4) is 11.4 Å². The number of anilines is 1. The number of carbonyl (C=O) groups is 1. The van der Waals surface area contributed by atoms with Gasteiger partial charge in [0.25, 0.3) is 5.91 Å². The zero-order chi connectivity index (χ0) is 17.2. The second-order valence-electron chi connectivity index (χ2n) is 6.89. The number of amides is 1. The summed E-state index contributed by atoms with van der Waals surface area (Å²) in [5, 5.41) is 12.7. The van der Waals surface area contributed by atoms with Crippen molar-refractivity contribution in [2.75, 3.05) is 25.0 Å². The Morgan fingerprint density at radius 1 is 1.29 bits per heavy atom. The van der Waals surface area contributed by atoms with Crippen LogP contribution in [0.4, 0.5) is 5.95 Å². The predicted molar refractivity (Wildman–Crippen MR) is 91.8 cm³/mol. The van der Waals surface area contributed by atoms with Crippen LogP contribution in [-0.2, 0) is 14.9 Å². The fraction of sp³-hybridized carbons (Fsp3) is 0.471. The van der Waals surface area contributed by atoms with E-state index in [1.165, 1.54) is 5.56 Å². The molecule has 7 heteroatoms. The molecule has 0 unspecified atom stereocenters. The van der Waals surface area contributed by atoms with Gasteiger partial charge in [0.1, 0.15) is 6.10 Å². The molecule has 3 N–H and O–H groups in total. The summed E-state index contributed by atoms with van der Waals surface area (Å²) < 4.78 is 5.41. The van der Waals surface area contributed by atoms with Gasteiger partial charge in [-0.1, -0.05) is 45.0 Å². The van der Waals surface area contributed by atoms with E-state index in [1.807, 2.05) is 12.1 Å². The standard InChI is InChI=1S/C17H23N5O2/c1-17(2,3)12-6-4-11(5-7-12)14-19-16(22-21-14)20-15(23)13-10-18-8-9-24-13/h4-7,13,18H,8-10H2,1-3H3,(H2,19,20,21,22,23)/t13-/m1/s1. The third kappa shape index (κ3) is 3.80. The minimum Gasteiger partial charge on any atom is -0.366 e. The fourth-order valence-corrected chi connectivity index (χ4v) is 2.50. The first-order valence-electron chi connectivity index (χ1n) is 8.10. The molecule has 1 aliphatic heterocycles. The maximum Gasteiger partial charge on any atom is 0.257 e. The molecule has 1 aromatic carbocycles. The van der Waals surface area contributed by atoms with Gasteiger partial charge in [-0.2, -0.15) is 4.98 Å². The van der Waals surface area contributed by atoms with Crippen LogP contribution in [0.1, 0.15) is 26.3 Å². The highest BCUT2D eigenvalue weighted by Crippen LogP contribution is 2.25. The zero-order valence-electron chi connectivity index (χ0n) is 14.2. The van der Waals surface area contributed by atoms with Gasteiger partial charge in [0.15, 0.2) is 5.82 Å². The number of aromatic amines is 1. The van der Waals surface area contributed by atoms with Crippen molar-refractivity contribution in [1.82, 2.24) is 20.5 Å². The number of hydrogen-bond donors (Lipinski definition) is 3. The number of morpholine rings is 1. The van der Waals surface area contributed by atoms with E-state index in [1.54, 1.807) is 0 Å². The SMILES string of the molecule is CC(C)(C)c1ccc(-c2nc(NC(=O)[C@H]3CNCCO3)n[nH]2)cc1. The van der Waals surface area contributed by atoms with E-state index in [2.05, 4.69) is 58.7 Å². The van der Waals surface area contributed by atoms with Crippen molar-refractivity contribution in [2.24, 2.45) is 0 Å². The summed E-state index contributed by atoms with van der Waals surface area (Å²) in [4.78, 5) is 16.4. The van der Waals surface area contributed by atoms with Crippen molar-refractivity contribution in [3.05, 3.63) is 29.8 Å². The van der Waals surface area contributed by atoms with Gasteiger partial charge in [0.05, 0.1) is 6.61 Å². The zero-order valence-corrected chi connectivity index (χ0v) is 14.2. The van der Waals surface area contributed by atoms with E-state index in [0.29, 0.717) is 19.0 Å². The Kier molecular flexibility index (Phi) is 4.64. The van der Waals surface area contributed by atoms with E-state index in [0.717, 1.165) is 12.1 Å². The molecule has 1 amide bonds. The van der Waals surface area contributed by atoms with Crippen LogP contribution in [-0.4, -0.2) is 46.9 Å². The molecule has 7 nitrogen and oxygen atoms in total. The number of benzene rings is 1. The van der Waals surface area contributed by atoms with Gasteiger partial charge in [0, 0.05) is 18.7 Å². The first-order valence-corrected chi connectivity index (χ1v) is 8.10. The quantitative estimate of drug-likeness (QED) is 0.797. The lowest BCUT2D eigenvalue weighted by Gasteiger charge is -2.21. The van der Waals surface area contributed by atoms with Crippen molar-refractivity contribution in [1.29, 1.82) is 0 Å². The summed E-state index contributed by atoms with van der Waals surface area (Å²) in [6.45, 7) is 8.30. The second-order valence-corrected chi connectivity index (χ2v) is 6.89. The van der Waals surface area contributed by atoms with E-state index in [9.17, 15) is 4.79 Å². The Hall–Kier alpha value is -2.25. The van der Waals surface area contributed by atoms with Crippen molar-refractivity contribution >= 4 is 11.9 Å². The number of ether oxygens (including phenoxy) is 1. The normalized spacial score (nSPS) is 18.4. The molecule has 128 valence electrons. The van der Waals surface area contributed by atoms with Crippen LogP contribution in [0.2, 0.25) is 0 Å². The fourth-order valence-electron chi connectivity index (χ4n) is 2.50. The number of nitrogens with zero attached hydrogens (tertiary/aromatic N) is 2. The van der Waals surface area contributed by atoms with E-state index in [-0.39, 0.29) is 17.3 Å². The average Bonchev–Trinajstić information content (AvgIpc) is 3.03. The van der Waals surface area contributed by atoms with Crippen LogP contribution in [0, 0.1) is 0 Å². The predicted octanol–water partition coefficient (Wildman–Crippen LogP) is 1.70. The molecule has 1 aromatic heterocycles. The average molecular weight is 329 g/mol. The minimum atomic E-state index is -0.508. The van der Waals surface area contributed by atoms with Gasteiger partial charge >= 0.3 is 0 Å². The minimum absolute atomic E-state index is 0.104. The summed E-state index contributed by atoms with van der Waals surface area (Å²) >= 11 is 0. The summed E-state index contributed by atoms with van der Waals surface area (Å²) in [5.74, 6) is 0.633. The first kappa shape index (κ1) is 16.6. The first-order chi connectivity index (χ1) is 11.4. The van der Waals surface area contributed by atoms with E-state index in [4.69, 9.17) is 4.74 Å². The Bertz CT molecular complexity index is 697. The molecular weight excluding hydrogens is 306 g/mol. The Labute approximate surface area is 141 Å². The second kappa shape index (κ2) is 6.70. The van der Waals surface area contributed by atoms with Crippen molar-refractivity contribution in [2.45, 2.75) is 32.3 Å². The molecule has 2 heterocycles. The molecule has 0 saturated carbocycles. The number of carbonyl (C=O) groups excluding carboxylic acids is 1. The third-order valence-electron chi connectivity index (χ3n) is 3.96. The van der Waals surface area contributed by atoms with E-state index >= 15 is 0 Å². The van der Waals surface area contributed by atoms with Gasteiger partial charge in [-0.05, 0) is 11.0 Å². The monoisotopic (exact) mass is 329 g/mol. The van der Waals surface area contributed by atoms with Crippen LogP contribution < -0.4 is 10.6 Å². The smallest absolute Gasteiger partial charge is 0.257 e. The van der Waals surface area contributed by atoms with Gasteiger partial charge in [-0.3, -0.25) is 15.2 Å². The molecule has 1 fully saturated rings.